The number of rotatable bonds is 3. The number of nitrogens with two attached hydrogens (primary N) is 1. The number of methoxy groups -OCH3 is 1. The van der Waals surface area contributed by atoms with Gasteiger partial charge in [0.25, 0.3) is 0 Å². The SMILES string of the molecule is COc1ccc(C2=COCCC2)c2c1nc(N)n1nc(CO)nc21. The highest BCUT2D eigenvalue weighted by molar-refractivity contribution is 6.03. The molecule has 0 fully saturated rings. The molecule has 8 nitrogen and oxygen atoms in total. The number of ether oxygens (including phenoxy) is 2. The van der Waals surface area contributed by atoms with Crippen molar-refractivity contribution in [2.24, 2.45) is 0 Å². The maximum atomic E-state index is 9.36. The van der Waals surface area contributed by atoms with Crippen molar-refractivity contribution in [1.82, 2.24) is 19.6 Å². The Morgan fingerprint density at radius 1 is 1.38 bits per heavy atom. The second kappa shape index (κ2) is 5.64. The molecule has 0 amide bonds. The van der Waals surface area contributed by atoms with Crippen LogP contribution >= 0.6 is 0 Å². The zero-order valence-corrected chi connectivity index (χ0v) is 13.2. The van der Waals surface area contributed by atoms with Crippen LogP contribution in [-0.4, -0.2) is 38.4 Å². The molecule has 0 aliphatic carbocycles. The highest BCUT2D eigenvalue weighted by Gasteiger charge is 2.20. The summed E-state index contributed by atoms with van der Waals surface area (Å²) in [5, 5.41) is 14.3. The molecule has 0 spiro atoms. The van der Waals surface area contributed by atoms with Crippen molar-refractivity contribution in [3.63, 3.8) is 0 Å². The van der Waals surface area contributed by atoms with Crippen LogP contribution < -0.4 is 10.5 Å². The van der Waals surface area contributed by atoms with E-state index in [9.17, 15) is 5.11 Å². The minimum atomic E-state index is -0.270. The number of hydrogen-bond acceptors (Lipinski definition) is 7. The first kappa shape index (κ1) is 14.7. The van der Waals surface area contributed by atoms with Crippen LogP contribution in [0.15, 0.2) is 18.4 Å². The molecular weight excluding hydrogens is 310 g/mol. The second-order valence-corrected chi connectivity index (χ2v) is 5.55. The van der Waals surface area contributed by atoms with Crippen molar-refractivity contribution < 1.29 is 14.6 Å². The van der Waals surface area contributed by atoms with Crippen LogP contribution in [0.4, 0.5) is 5.95 Å². The van der Waals surface area contributed by atoms with Crippen molar-refractivity contribution in [3.05, 3.63) is 29.8 Å². The third-order valence-corrected chi connectivity index (χ3v) is 4.10. The molecule has 0 radical (unpaired) electrons. The number of benzene rings is 1. The Morgan fingerprint density at radius 2 is 2.25 bits per heavy atom. The molecule has 1 aromatic carbocycles. The molecule has 1 aliphatic heterocycles. The maximum Gasteiger partial charge on any atom is 0.223 e. The number of aliphatic hydroxyl groups excluding tert-OH is 1. The molecule has 3 heterocycles. The van der Waals surface area contributed by atoms with Crippen LogP contribution in [0.3, 0.4) is 0 Å². The van der Waals surface area contributed by atoms with E-state index >= 15 is 0 Å². The number of allylic oxidation sites excluding steroid dienone is 1. The van der Waals surface area contributed by atoms with Gasteiger partial charge in [0.15, 0.2) is 11.5 Å². The number of aliphatic hydroxyl groups is 1. The molecule has 4 rings (SSSR count). The fourth-order valence-corrected chi connectivity index (χ4v) is 3.01. The van der Waals surface area contributed by atoms with Gasteiger partial charge in [-0.3, -0.25) is 0 Å². The minimum absolute atomic E-state index is 0.189. The number of nitrogen functional groups attached to an aromatic ring is 1. The zero-order chi connectivity index (χ0) is 16.7. The van der Waals surface area contributed by atoms with Crippen LogP contribution in [0.25, 0.3) is 22.1 Å². The van der Waals surface area contributed by atoms with E-state index in [1.54, 1.807) is 13.4 Å². The lowest BCUT2D eigenvalue weighted by atomic mass is 9.97. The first-order valence-electron chi connectivity index (χ1n) is 7.66. The predicted molar refractivity (Wildman–Crippen MR) is 88.3 cm³/mol. The number of aromatic nitrogens is 4. The van der Waals surface area contributed by atoms with Gasteiger partial charge in [-0.2, -0.15) is 4.52 Å². The number of hydrogen-bond donors (Lipinski definition) is 2. The largest absolute Gasteiger partial charge is 0.501 e. The number of fused-ring (bicyclic) bond motifs is 3. The molecule has 24 heavy (non-hydrogen) atoms. The molecule has 0 atom stereocenters. The van der Waals surface area contributed by atoms with E-state index in [4.69, 9.17) is 15.2 Å². The van der Waals surface area contributed by atoms with Crippen LogP contribution in [0.5, 0.6) is 5.75 Å². The second-order valence-electron chi connectivity index (χ2n) is 5.55. The van der Waals surface area contributed by atoms with E-state index in [0.717, 1.165) is 36.0 Å². The van der Waals surface area contributed by atoms with Gasteiger partial charge in [-0.05, 0) is 30.0 Å². The van der Waals surface area contributed by atoms with Gasteiger partial charge in [-0.25, -0.2) is 9.97 Å². The maximum absolute atomic E-state index is 9.36. The van der Waals surface area contributed by atoms with Crippen molar-refractivity contribution >= 4 is 28.1 Å². The summed E-state index contributed by atoms with van der Waals surface area (Å²) in [6.45, 7) is 0.450. The Balaban J connectivity index is 2.13. The molecule has 3 aromatic rings. The van der Waals surface area contributed by atoms with Gasteiger partial charge in [-0.1, -0.05) is 6.07 Å². The van der Waals surface area contributed by atoms with Gasteiger partial charge < -0.3 is 20.3 Å². The monoisotopic (exact) mass is 327 g/mol. The molecule has 0 bridgehead atoms. The third-order valence-electron chi connectivity index (χ3n) is 4.10. The fraction of sp³-hybridized carbons (Fsp3) is 0.312. The van der Waals surface area contributed by atoms with Gasteiger partial charge >= 0.3 is 0 Å². The molecule has 3 N–H and O–H groups in total. The minimum Gasteiger partial charge on any atom is -0.501 e. The molecular formula is C16H17N5O3. The Hall–Kier alpha value is -2.87. The van der Waals surface area contributed by atoms with Gasteiger partial charge in [0, 0.05) is 0 Å². The summed E-state index contributed by atoms with van der Waals surface area (Å²) in [4.78, 5) is 8.85. The summed E-state index contributed by atoms with van der Waals surface area (Å²) in [5.74, 6) is 1.08. The zero-order valence-electron chi connectivity index (χ0n) is 13.2. The smallest absolute Gasteiger partial charge is 0.223 e. The first-order valence-corrected chi connectivity index (χ1v) is 7.66. The summed E-state index contributed by atoms with van der Waals surface area (Å²) >= 11 is 0. The molecule has 1 aliphatic rings. The Kier molecular flexibility index (Phi) is 3.46. The van der Waals surface area contributed by atoms with Crippen LogP contribution in [0.2, 0.25) is 0 Å². The van der Waals surface area contributed by atoms with Crippen LogP contribution in [0, 0.1) is 0 Å². The van der Waals surface area contributed by atoms with Gasteiger partial charge in [0.05, 0.1) is 25.4 Å². The Bertz CT molecular complexity index is 963. The molecule has 124 valence electrons. The Labute approximate surface area is 137 Å². The van der Waals surface area contributed by atoms with E-state index < -0.39 is 0 Å². The van der Waals surface area contributed by atoms with Crippen LogP contribution in [-0.2, 0) is 11.3 Å². The summed E-state index contributed by atoms with van der Waals surface area (Å²) in [6.07, 6.45) is 3.63. The van der Waals surface area contributed by atoms with E-state index in [2.05, 4.69) is 15.1 Å². The van der Waals surface area contributed by atoms with Crippen molar-refractivity contribution in [2.75, 3.05) is 19.5 Å². The molecule has 2 aromatic heterocycles. The summed E-state index contributed by atoms with van der Waals surface area (Å²) in [5.41, 5.74) is 9.20. The average Bonchev–Trinajstić information content (AvgIpc) is 3.07. The predicted octanol–water partition coefficient (Wildman–Crippen LogP) is 1.51. The van der Waals surface area contributed by atoms with Crippen molar-refractivity contribution in [1.29, 1.82) is 0 Å². The van der Waals surface area contributed by atoms with E-state index in [-0.39, 0.29) is 12.6 Å². The first-order chi connectivity index (χ1) is 11.7. The van der Waals surface area contributed by atoms with Gasteiger partial charge in [0.1, 0.15) is 17.9 Å². The third kappa shape index (κ3) is 2.15. The van der Waals surface area contributed by atoms with Gasteiger partial charge in [-0.15, -0.1) is 5.10 Å². The summed E-state index contributed by atoms with van der Waals surface area (Å²) < 4.78 is 12.4. The van der Waals surface area contributed by atoms with Crippen molar-refractivity contribution in [3.8, 4) is 5.75 Å². The fourth-order valence-electron chi connectivity index (χ4n) is 3.01. The van der Waals surface area contributed by atoms with Gasteiger partial charge in [0.2, 0.25) is 5.95 Å². The highest BCUT2D eigenvalue weighted by Crippen LogP contribution is 2.36. The standard InChI is InChI=1S/C16H17N5O3/c1-23-11-5-4-10(9-3-2-6-24-8-9)13-14(11)19-16(17)21-15(13)18-12(7-22)20-21/h4-5,8,22H,2-3,6-7H2,1H3,(H2,17,19). The van der Waals surface area contributed by atoms with E-state index in [1.807, 2.05) is 12.1 Å². The lowest BCUT2D eigenvalue weighted by Crippen LogP contribution is -2.06. The van der Waals surface area contributed by atoms with Crippen LogP contribution in [0.1, 0.15) is 24.2 Å². The molecule has 0 saturated heterocycles. The highest BCUT2D eigenvalue weighted by atomic mass is 16.5. The molecule has 0 unspecified atom stereocenters. The summed E-state index contributed by atoms with van der Waals surface area (Å²) in [7, 11) is 1.59. The number of nitrogens with zero attached hydrogens (tertiary/aromatic N) is 4. The summed E-state index contributed by atoms with van der Waals surface area (Å²) in [6, 6.07) is 3.83. The topological polar surface area (TPSA) is 108 Å². The van der Waals surface area contributed by atoms with Crippen molar-refractivity contribution in [2.45, 2.75) is 19.4 Å². The van der Waals surface area contributed by atoms with E-state index in [1.165, 1.54) is 4.52 Å². The molecule has 8 heteroatoms. The normalized spacial score (nSPS) is 14.7. The number of anilines is 1. The average molecular weight is 327 g/mol. The van der Waals surface area contributed by atoms with E-state index in [0.29, 0.717) is 22.7 Å². The quantitative estimate of drug-likeness (QED) is 0.750. The lowest BCUT2D eigenvalue weighted by Gasteiger charge is -2.17. The Morgan fingerprint density at radius 3 is 2.96 bits per heavy atom. The lowest BCUT2D eigenvalue weighted by molar-refractivity contribution is 0.235. The molecule has 0 saturated carbocycles.